The molecule has 3 N–H and O–H groups in total. The van der Waals surface area contributed by atoms with Crippen LogP contribution in [0, 0.1) is 0 Å². The van der Waals surface area contributed by atoms with E-state index in [1.807, 2.05) is 48.7 Å². The number of hydrogen-bond acceptors (Lipinski definition) is 5. The van der Waals surface area contributed by atoms with Gasteiger partial charge in [-0.3, -0.25) is 9.59 Å². The van der Waals surface area contributed by atoms with Gasteiger partial charge in [-0.1, -0.05) is 36.4 Å². The van der Waals surface area contributed by atoms with Crippen LogP contribution in [0.3, 0.4) is 0 Å². The highest BCUT2D eigenvalue weighted by atomic mass is 32.1. The van der Waals surface area contributed by atoms with Gasteiger partial charge in [-0.05, 0) is 54.6 Å². The fourth-order valence-corrected chi connectivity index (χ4v) is 5.62. The number of allylic oxidation sites excluding steroid dienone is 3. The normalized spacial score (nSPS) is 20.3. The topological polar surface area (TPSA) is 78.4 Å². The summed E-state index contributed by atoms with van der Waals surface area (Å²) in [5.41, 5.74) is 4.29. The van der Waals surface area contributed by atoms with Crippen molar-refractivity contribution in [3.8, 4) is 5.75 Å². The number of carbonyl (C=O) groups excluding carboxylic acids is 2. The zero-order valence-electron chi connectivity index (χ0n) is 18.2. The van der Waals surface area contributed by atoms with E-state index in [0.717, 1.165) is 23.4 Å². The number of carbonyl (C=O) groups is 2. The third-order valence-electron chi connectivity index (χ3n) is 6.28. The van der Waals surface area contributed by atoms with Crippen molar-refractivity contribution in [3.05, 3.63) is 105 Å². The molecule has 0 saturated carbocycles. The summed E-state index contributed by atoms with van der Waals surface area (Å²) in [7, 11) is 0. The summed E-state index contributed by atoms with van der Waals surface area (Å²) in [6.45, 7) is 1.89. The summed E-state index contributed by atoms with van der Waals surface area (Å²) in [6.07, 6.45) is 1.14. The number of dihydropyridines is 1. The standard InChI is InChI=1S/C27H24N2O3S/c1-16-24(27(32)29-19-6-3-2-4-7-19)25(17-9-11-20(30)12-10-17)26-21(28-16)14-18(15-22(26)31)23-8-5-13-33-23/h2-13,18,25,28,30H,14-15H2,1H3,(H,29,32)/t18-,25+/m1/s1. The van der Waals surface area contributed by atoms with Gasteiger partial charge in [-0.15, -0.1) is 11.3 Å². The van der Waals surface area contributed by atoms with E-state index in [0.29, 0.717) is 23.3 Å². The Balaban J connectivity index is 1.57. The summed E-state index contributed by atoms with van der Waals surface area (Å²) < 4.78 is 0. The number of ketones is 1. The highest BCUT2D eigenvalue weighted by molar-refractivity contribution is 7.10. The molecule has 0 radical (unpaired) electrons. The number of para-hydroxylation sites is 1. The molecule has 0 spiro atoms. The quantitative estimate of drug-likeness (QED) is 0.488. The zero-order valence-corrected chi connectivity index (χ0v) is 19.0. The predicted octanol–water partition coefficient (Wildman–Crippen LogP) is 5.45. The Morgan fingerprint density at radius 3 is 2.48 bits per heavy atom. The molecule has 5 nitrogen and oxygen atoms in total. The van der Waals surface area contributed by atoms with Gasteiger partial charge in [-0.2, -0.15) is 0 Å². The van der Waals surface area contributed by atoms with Crippen LogP contribution in [0.25, 0.3) is 0 Å². The van der Waals surface area contributed by atoms with E-state index in [9.17, 15) is 14.7 Å². The van der Waals surface area contributed by atoms with E-state index >= 15 is 0 Å². The van der Waals surface area contributed by atoms with Crippen molar-refractivity contribution in [2.24, 2.45) is 0 Å². The molecule has 0 fully saturated rings. The van der Waals surface area contributed by atoms with Crippen LogP contribution in [0.4, 0.5) is 5.69 Å². The van der Waals surface area contributed by atoms with Crippen LogP contribution < -0.4 is 10.6 Å². The van der Waals surface area contributed by atoms with Gasteiger partial charge in [0.25, 0.3) is 5.91 Å². The number of benzene rings is 2. The Hall–Kier alpha value is -3.64. The predicted molar refractivity (Wildman–Crippen MR) is 130 cm³/mol. The van der Waals surface area contributed by atoms with Gasteiger partial charge in [0, 0.05) is 51.4 Å². The molecule has 6 heteroatoms. The lowest BCUT2D eigenvalue weighted by Crippen LogP contribution is -2.37. The van der Waals surface area contributed by atoms with Gasteiger partial charge >= 0.3 is 0 Å². The molecular weight excluding hydrogens is 432 g/mol. The maximum Gasteiger partial charge on any atom is 0.254 e. The summed E-state index contributed by atoms with van der Waals surface area (Å²) >= 11 is 1.67. The molecule has 0 unspecified atom stereocenters. The van der Waals surface area contributed by atoms with Crippen molar-refractivity contribution in [1.29, 1.82) is 0 Å². The van der Waals surface area contributed by atoms with Crippen molar-refractivity contribution in [2.75, 3.05) is 5.32 Å². The van der Waals surface area contributed by atoms with E-state index in [4.69, 9.17) is 0 Å². The van der Waals surface area contributed by atoms with Crippen LogP contribution in [0.1, 0.15) is 42.0 Å². The summed E-state index contributed by atoms with van der Waals surface area (Å²) in [6, 6.07) is 20.2. The van der Waals surface area contributed by atoms with Crippen LogP contribution in [-0.2, 0) is 9.59 Å². The molecular formula is C27H24N2O3S. The number of thiophene rings is 1. The first-order valence-corrected chi connectivity index (χ1v) is 11.8. The van der Waals surface area contributed by atoms with Crippen molar-refractivity contribution >= 4 is 28.7 Å². The molecule has 1 amide bonds. The van der Waals surface area contributed by atoms with Crippen molar-refractivity contribution in [2.45, 2.75) is 31.6 Å². The first-order valence-electron chi connectivity index (χ1n) is 10.9. The van der Waals surface area contributed by atoms with Crippen molar-refractivity contribution < 1.29 is 14.7 Å². The third kappa shape index (κ3) is 4.10. The monoisotopic (exact) mass is 456 g/mol. The first kappa shape index (κ1) is 21.2. The van der Waals surface area contributed by atoms with Crippen molar-refractivity contribution in [1.82, 2.24) is 5.32 Å². The Kier molecular flexibility index (Phi) is 5.60. The first-order chi connectivity index (χ1) is 16.0. The van der Waals surface area contributed by atoms with Crippen LogP contribution in [0.15, 0.2) is 94.7 Å². The summed E-state index contributed by atoms with van der Waals surface area (Å²) in [4.78, 5) is 28.2. The molecule has 5 rings (SSSR count). The van der Waals surface area contributed by atoms with E-state index < -0.39 is 5.92 Å². The molecule has 33 heavy (non-hydrogen) atoms. The molecule has 2 atom stereocenters. The SMILES string of the molecule is CC1=C(C(=O)Nc2ccccc2)[C@H](c2ccc(O)cc2)C2=C(C[C@@H](c3cccs3)CC2=O)N1. The number of aromatic hydroxyl groups is 1. The second-order valence-corrected chi connectivity index (χ2v) is 9.42. The Morgan fingerprint density at radius 1 is 1.03 bits per heavy atom. The van der Waals surface area contributed by atoms with E-state index in [2.05, 4.69) is 16.7 Å². The molecule has 166 valence electrons. The van der Waals surface area contributed by atoms with Crippen LogP contribution in [0.5, 0.6) is 5.75 Å². The molecule has 0 saturated heterocycles. The van der Waals surface area contributed by atoms with Gasteiger partial charge in [0.05, 0.1) is 0 Å². The maximum absolute atomic E-state index is 13.5. The number of phenols is 1. The second-order valence-electron chi connectivity index (χ2n) is 8.44. The molecule has 0 bridgehead atoms. The van der Waals surface area contributed by atoms with E-state index in [1.165, 1.54) is 4.88 Å². The average Bonchev–Trinajstić information content (AvgIpc) is 3.34. The zero-order chi connectivity index (χ0) is 22.9. The molecule has 2 aliphatic rings. The third-order valence-corrected chi connectivity index (χ3v) is 7.31. The Morgan fingerprint density at radius 2 is 1.79 bits per heavy atom. The molecule has 2 aromatic carbocycles. The van der Waals surface area contributed by atoms with Gasteiger partial charge in [-0.25, -0.2) is 0 Å². The van der Waals surface area contributed by atoms with Crippen LogP contribution in [0.2, 0.25) is 0 Å². The lowest BCUT2D eigenvalue weighted by atomic mass is 9.72. The van der Waals surface area contributed by atoms with Gasteiger partial charge in [0.2, 0.25) is 0 Å². The minimum atomic E-state index is -0.498. The number of Topliss-reactive ketones (excluding diaryl/α,β-unsaturated/α-hetero) is 1. The smallest absolute Gasteiger partial charge is 0.254 e. The highest BCUT2D eigenvalue weighted by Gasteiger charge is 2.41. The molecule has 1 aliphatic carbocycles. The molecule has 1 aromatic heterocycles. The lowest BCUT2D eigenvalue weighted by molar-refractivity contribution is -0.116. The fraction of sp³-hybridized carbons (Fsp3) is 0.185. The second kappa shape index (κ2) is 8.71. The number of phenolic OH excluding ortho intramolecular Hbond substituents is 1. The summed E-state index contributed by atoms with van der Waals surface area (Å²) in [5, 5.41) is 18.2. The average molecular weight is 457 g/mol. The summed E-state index contributed by atoms with van der Waals surface area (Å²) in [5.74, 6) is -0.411. The Bertz CT molecular complexity index is 1260. The number of rotatable bonds is 4. The molecule has 3 aromatic rings. The van der Waals surface area contributed by atoms with Gasteiger partial charge in [0.15, 0.2) is 5.78 Å². The number of anilines is 1. The largest absolute Gasteiger partial charge is 0.508 e. The van der Waals surface area contributed by atoms with Gasteiger partial charge in [0.1, 0.15) is 5.75 Å². The Labute approximate surface area is 196 Å². The number of nitrogens with one attached hydrogen (secondary N) is 2. The minimum Gasteiger partial charge on any atom is -0.508 e. The van der Waals surface area contributed by atoms with E-state index in [-0.39, 0.29) is 23.4 Å². The van der Waals surface area contributed by atoms with Crippen LogP contribution >= 0.6 is 11.3 Å². The highest BCUT2D eigenvalue weighted by Crippen LogP contribution is 2.46. The molecule has 1 aliphatic heterocycles. The number of hydrogen-bond donors (Lipinski definition) is 3. The molecule has 2 heterocycles. The maximum atomic E-state index is 13.5. The minimum absolute atomic E-state index is 0.0535. The number of amides is 1. The lowest BCUT2D eigenvalue weighted by Gasteiger charge is -2.36. The van der Waals surface area contributed by atoms with Gasteiger partial charge < -0.3 is 15.7 Å². The van der Waals surface area contributed by atoms with E-state index in [1.54, 1.807) is 35.6 Å². The van der Waals surface area contributed by atoms with Crippen LogP contribution in [-0.4, -0.2) is 16.8 Å². The van der Waals surface area contributed by atoms with Crippen molar-refractivity contribution in [3.63, 3.8) is 0 Å². The fourth-order valence-electron chi connectivity index (χ4n) is 4.78.